The molecule has 0 unspecified atom stereocenters. The normalized spacial score (nSPS) is 16.3. The molecule has 0 bridgehead atoms. The van der Waals surface area contributed by atoms with Gasteiger partial charge in [-0.2, -0.15) is 0 Å². The zero-order valence-corrected chi connectivity index (χ0v) is 11.8. The maximum absolute atomic E-state index is 13.2. The second-order valence-corrected chi connectivity index (χ2v) is 5.29. The van der Waals surface area contributed by atoms with E-state index in [1.165, 1.54) is 50.7 Å². The Hall–Kier alpha value is -1.25. The molecular formula is C16H24FNO. The Morgan fingerprint density at radius 2 is 2.05 bits per heavy atom. The molecule has 1 aromatic rings. The molecule has 0 aliphatic heterocycles. The van der Waals surface area contributed by atoms with E-state index in [4.69, 9.17) is 4.74 Å². The summed E-state index contributed by atoms with van der Waals surface area (Å²) in [6.45, 7) is 3.41. The van der Waals surface area contributed by atoms with Crippen LogP contribution in [0.5, 0.6) is 5.75 Å². The molecule has 0 heterocycles. The van der Waals surface area contributed by atoms with Crippen molar-refractivity contribution in [2.24, 2.45) is 5.92 Å². The van der Waals surface area contributed by atoms with Gasteiger partial charge in [0.05, 0.1) is 12.3 Å². The van der Waals surface area contributed by atoms with Gasteiger partial charge in [0.15, 0.2) is 0 Å². The van der Waals surface area contributed by atoms with Gasteiger partial charge in [0.1, 0.15) is 11.6 Å². The summed E-state index contributed by atoms with van der Waals surface area (Å²) in [5.41, 5.74) is 0.902. The Morgan fingerprint density at radius 1 is 1.26 bits per heavy atom. The van der Waals surface area contributed by atoms with Crippen LogP contribution in [0.1, 0.15) is 45.4 Å². The third kappa shape index (κ3) is 4.41. The maximum atomic E-state index is 13.2. The number of nitrogens with one attached hydrogen (secondary N) is 1. The number of ether oxygens (including phenoxy) is 1. The van der Waals surface area contributed by atoms with Crippen LogP contribution < -0.4 is 10.1 Å². The van der Waals surface area contributed by atoms with Gasteiger partial charge in [0, 0.05) is 12.6 Å². The van der Waals surface area contributed by atoms with Crippen LogP contribution in [-0.2, 0) is 0 Å². The fraction of sp³-hybridized carbons (Fsp3) is 0.625. The number of rotatable bonds is 6. The molecule has 1 aliphatic rings. The molecule has 0 radical (unpaired) electrons. The predicted octanol–water partition coefficient (Wildman–Crippen LogP) is 4.61. The smallest absolute Gasteiger partial charge is 0.145 e. The van der Waals surface area contributed by atoms with E-state index < -0.39 is 0 Å². The summed E-state index contributed by atoms with van der Waals surface area (Å²) < 4.78 is 18.6. The number of hydrogen-bond donors (Lipinski definition) is 1. The maximum Gasteiger partial charge on any atom is 0.145 e. The fourth-order valence-corrected chi connectivity index (χ4v) is 2.80. The first-order valence-corrected chi connectivity index (χ1v) is 7.46. The summed E-state index contributed by atoms with van der Waals surface area (Å²) >= 11 is 0. The van der Waals surface area contributed by atoms with Crippen molar-refractivity contribution in [3.63, 3.8) is 0 Å². The summed E-state index contributed by atoms with van der Waals surface area (Å²) in [6.07, 6.45) is 8.09. The second kappa shape index (κ2) is 7.37. The monoisotopic (exact) mass is 265 g/mol. The van der Waals surface area contributed by atoms with Crippen molar-refractivity contribution in [1.82, 2.24) is 0 Å². The summed E-state index contributed by atoms with van der Waals surface area (Å²) in [5, 5.41) is 3.38. The zero-order valence-electron chi connectivity index (χ0n) is 11.8. The van der Waals surface area contributed by atoms with E-state index >= 15 is 0 Å². The molecular weight excluding hydrogens is 241 g/mol. The minimum atomic E-state index is -0.249. The molecule has 19 heavy (non-hydrogen) atoms. The van der Waals surface area contributed by atoms with E-state index in [2.05, 4.69) is 5.32 Å². The molecule has 0 spiro atoms. The fourth-order valence-electron chi connectivity index (χ4n) is 2.80. The first kappa shape index (κ1) is 14.2. The molecule has 0 aromatic heterocycles. The highest BCUT2D eigenvalue weighted by molar-refractivity contribution is 5.56. The van der Waals surface area contributed by atoms with E-state index in [9.17, 15) is 4.39 Å². The average Bonchev–Trinajstić information content (AvgIpc) is 2.43. The largest absolute Gasteiger partial charge is 0.492 e. The number of benzene rings is 1. The lowest BCUT2D eigenvalue weighted by molar-refractivity contribution is 0.337. The molecule has 1 aromatic carbocycles. The Bertz CT molecular complexity index is 388. The summed E-state index contributed by atoms with van der Waals surface area (Å²) in [5.74, 6) is 1.23. The van der Waals surface area contributed by atoms with Crippen LogP contribution >= 0.6 is 0 Å². The number of hydrogen-bond acceptors (Lipinski definition) is 2. The van der Waals surface area contributed by atoms with Gasteiger partial charge in [-0.1, -0.05) is 32.1 Å². The minimum absolute atomic E-state index is 0.249. The van der Waals surface area contributed by atoms with Crippen molar-refractivity contribution < 1.29 is 9.13 Å². The lowest BCUT2D eigenvalue weighted by atomic mass is 9.87. The first-order valence-electron chi connectivity index (χ1n) is 7.46. The second-order valence-electron chi connectivity index (χ2n) is 5.29. The molecule has 1 fully saturated rings. The minimum Gasteiger partial charge on any atom is -0.492 e. The highest BCUT2D eigenvalue weighted by atomic mass is 19.1. The predicted molar refractivity (Wildman–Crippen MR) is 77.3 cm³/mol. The molecule has 2 nitrogen and oxygen atoms in total. The van der Waals surface area contributed by atoms with Crippen molar-refractivity contribution >= 4 is 5.69 Å². The topological polar surface area (TPSA) is 21.3 Å². The molecule has 1 N–H and O–H groups in total. The third-order valence-electron chi connectivity index (χ3n) is 3.84. The van der Waals surface area contributed by atoms with Gasteiger partial charge in [-0.3, -0.25) is 0 Å². The number of halogens is 1. The van der Waals surface area contributed by atoms with E-state index in [0.29, 0.717) is 12.4 Å². The Balaban J connectivity index is 1.84. The molecule has 0 amide bonds. The molecule has 1 saturated carbocycles. The molecule has 2 rings (SSSR count). The van der Waals surface area contributed by atoms with Crippen LogP contribution in [0.2, 0.25) is 0 Å². The van der Waals surface area contributed by atoms with Crippen molar-refractivity contribution in [1.29, 1.82) is 0 Å². The van der Waals surface area contributed by atoms with Gasteiger partial charge in [-0.05, 0) is 31.4 Å². The SMILES string of the molecule is CCOc1cc(F)ccc1NCCC1CCCCC1. The Morgan fingerprint density at radius 3 is 2.79 bits per heavy atom. The van der Waals surface area contributed by atoms with Crippen LogP contribution in [-0.4, -0.2) is 13.2 Å². The highest BCUT2D eigenvalue weighted by Crippen LogP contribution is 2.28. The quantitative estimate of drug-likeness (QED) is 0.811. The van der Waals surface area contributed by atoms with E-state index in [0.717, 1.165) is 18.2 Å². The lowest BCUT2D eigenvalue weighted by Gasteiger charge is -2.22. The van der Waals surface area contributed by atoms with Gasteiger partial charge in [-0.15, -0.1) is 0 Å². The Labute approximate surface area is 115 Å². The van der Waals surface area contributed by atoms with Gasteiger partial charge >= 0.3 is 0 Å². The Kier molecular flexibility index (Phi) is 5.49. The lowest BCUT2D eigenvalue weighted by Crippen LogP contribution is -2.12. The average molecular weight is 265 g/mol. The summed E-state index contributed by atoms with van der Waals surface area (Å²) in [4.78, 5) is 0. The third-order valence-corrected chi connectivity index (χ3v) is 3.84. The van der Waals surface area contributed by atoms with E-state index in [1.54, 1.807) is 6.07 Å². The standard InChI is InChI=1S/C16H24FNO/c1-2-19-16-12-14(17)8-9-15(16)18-11-10-13-6-4-3-5-7-13/h8-9,12-13,18H,2-7,10-11H2,1H3. The van der Waals surface area contributed by atoms with E-state index in [-0.39, 0.29) is 5.82 Å². The van der Waals surface area contributed by atoms with Crippen LogP contribution in [0.4, 0.5) is 10.1 Å². The van der Waals surface area contributed by atoms with Crippen LogP contribution in [0.3, 0.4) is 0 Å². The molecule has 1 aliphatic carbocycles. The van der Waals surface area contributed by atoms with Crippen molar-refractivity contribution in [3.05, 3.63) is 24.0 Å². The van der Waals surface area contributed by atoms with Crippen molar-refractivity contribution in [2.75, 3.05) is 18.5 Å². The molecule has 0 saturated heterocycles. The first-order chi connectivity index (χ1) is 9.29. The van der Waals surface area contributed by atoms with Gasteiger partial charge in [-0.25, -0.2) is 4.39 Å². The van der Waals surface area contributed by atoms with Gasteiger partial charge in [0.2, 0.25) is 0 Å². The molecule has 0 atom stereocenters. The summed E-state index contributed by atoms with van der Waals surface area (Å²) in [6, 6.07) is 4.69. The van der Waals surface area contributed by atoms with Crippen molar-refractivity contribution in [2.45, 2.75) is 45.4 Å². The molecule has 3 heteroatoms. The highest BCUT2D eigenvalue weighted by Gasteiger charge is 2.13. The van der Waals surface area contributed by atoms with E-state index in [1.807, 2.05) is 6.92 Å². The van der Waals surface area contributed by atoms with Gasteiger partial charge in [0.25, 0.3) is 0 Å². The molecule has 106 valence electrons. The van der Waals surface area contributed by atoms with Crippen LogP contribution in [0.15, 0.2) is 18.2 Å². The van der Waals surface area contributed by atoms with Crippen LogP contribution in [0, 0.1) is 11.7 Å². The van der Waals surface area contributed by atoms with Gasteiger partial charge < -0.3 is 10.1 Å². The summed E-state index contributed by atoms with van der Waals surface area (Å²) in [7, 11) is 0. The zero-order chi connectivity index (χ0) is 13.5. The van der Waals surface area contributed by atoms with Crippen LogP contribution in [0.25, 0.3) is 0 Å². The van der Waals surface area contributed by atoms with Crippen molar-refractivity contribution in [3.8, 4) is 5.75 Å². The number of anilines is 1.